The van der Waals surface area contributed by atoms with Crippen LogP contribution in [-0.2, 0) is 0 Å². The highest BCUT2D eigenvalue weighted by Crippen LogP contribution is 2.25. The molecule has 4 heteroatoms. The average Bonchev–Trinajstić information content (AvgIpc) is 2.09. The van der Waals surface area contributed by atoms with Gasteiger partial charge in [0.2, 0.25) is 0 Å². The van der Waals surface area contributed by atoms with Crippen molar-refractivity contribution in [3.63, 3.8) is 0 Å². The lowest BCUT2D eigenvalue weighted by atomic mass is 10.2. The van der Waals surface area contributed by atoms with Crippen LogP contribution in [0.15, 0.2) is 33.7 Å². The Morgan fingerprint density at radius 2 is 2.15 bits per heavy atom. The molecule has 0 amide bonds. The fourth-order valence-electron chi connectivity index (χ4n) is 1.17. The van der Waals surface area contributed by atoms with E-state index in [1.807, 2.05) is 0 Å². The summed E-state index contributed by atoms with van der Waals surface area (Å²) < 4.78 is 0.781. The normalized spacial score (nSPS) is 10.6. The Hall–Kier alpha value is -0.800. The summed E-state index contributed by atoms with van der Waals surface area (Å²) in [4.78, 5) is 14.3. The van der Waals surface area contributed by atoms with Crippen LogP contribution in [0, 0.1) is 0 Å². The van der Waals surface area contributed by atoms with E-state index in [9.17, 15) is 4.79 Å². The molecule has 1 N–H and O–H groups in total. The van der Waals surface area contributed by atoms with Gasteiger partial charge in [-0.2, -0.15) is 0 Å². The lowest BCUT2D eigenvalue weighted by Gasteiger charge is -1.99. The first-order chi connectivity index (χ1) is 6.18. The summed E-state index contributed by atoms with van der Waals surface area (Å²) in [5.74, 6) is 0. The summed E-state index contributed by atoms with van der Waals surface area (Å²) in [7, 11) is 0. The lowest BCUT2D eigenvalue weighted by Crippen LogP contribution is -1.99. The molecule has 0 atom stereocenters. The minimum atomic E-state index is -0.0249. The standard InChI is InChI=1S/C9H5BrClNO/c10-6-4-8-5(3-7(6)11)9(13)1-2-12-8/h1-4H,(H,12,13). The van der Waals surface area contributed by atoms with Gasteiger partial charge in [-0.25, -0.2) is 0 Å². The molecule has 1 aromatic carbocycles. The van der Waals surface area contributed by atoms with Gasteiger partial charge in [-0.05, 0) is 28.1 Å². The molecule has 0 unspecified atom stereocenters. The summed E-state index contributed by atoms with van der Waals surface area (Å²) in [5, 5.41) is 1.15. The van der Waals surface area contributed by atoms with Crippen LogP contribution in [0.5, 0.6) is 0 Å². The molecule has 66 valence electrons. The monoisotopic (exact) mass is 257 g/mol. The van der Waals surface area contributed by atoms with Crippen LogP contribution in [-0.4, -0.2) is 4.98 Å². The van der Waals surface area contributed by atoms with Crippen LogP contribution in [0.25, 0.3) is 10.9 Å². The van der Waals surface area contributed by atoms with Crippen LogP contribution in [0.1, 0.15) is 0 Å². The van der Waals surface area contributed by atoms with E-state index in [-0.39, 0.29) is 5.43 Å². The fraction of sp³-hybridized carbons (Fsp3) is 0. The van der Waals surface area contributed by atoms with Gasteiger partial charge in [0.15, 0.2) is 5.43 Å². The first kappa shape index (κ1) is 8.78. The molecule has 1 heterocycles. The zero-order valence-corrected chi connectivity index (χ0v) is 8.82. The summed E-state index contributed by atoms with van der Waals surface area (Å²) >= 11 is 9.15. The van der Waals surface area contributed by atoms with E-state index in [1.165, 1.54) is 6.07 Å². The molecule has 0 bridgehead atoms. The van der Waals surface area contributed by atoms with E-state index in [0.29, 0.717) is 10.4 Å². The summed E-state index contributed by atoms with van der Waals surface area (Å²) in [6, 6.07) is 4.92. The molecule has 2 nitrogen and oxygen atoms in total. The van der Waals surface area contributed by atoms with Crippen LogP contribution in [0.3, 0.4) is 0 Å². The summed E-state index contributed by atoms with van der Waals surface area (Å²) in [6.45, 7) is 0. The SMILES string of the molecule is O=c1cc[nH]c2cc(Br)c(Cl)cc12. The van der Waals surface area contributed by atoms with Crippen LogP contribution < -0.4 is 5.43 Å². The van der Waals surface area contributed by atoms with Crippen molar-refractivity contribution >= 4 is 38.4 Å². The molecule has 0 aliphatic heterocycles. The number of pyridine rings is 1. The highest BCUT2D eigenvalue weighted by Gasteiger charge is 2.02. The average molecular weight is 259 g/mol. The number of nitrogens with one attached hydrogen (secondary N) is 1. The molecule has 0 fully saturated rings. The van der Waals surface area contributed by atoms with Gasteiger partial charge in [-0.15, -0.1) is 0 Å². The zero-order chi connectivity index (χ0) is 9.42. The van der Waals surface area contributed by atoms with Crippen molar-refractivity contribution in [3.8, 4) is 0 Å². The third kappa shape index (κ3) is 1.49. The number of aromatic nitrogens is 1. The maximum atomic E-state index is 11.3. The number of fused-ring (bicyclic) bond motifs is 1. The summed E-state index contributed by atoms with van der Waals surface area (Å²) in [5.41, 5.74) is 0.756. The second-order valence-electron chi connectivity index (χ2n) is 2.65. The Kier molecular flexibility index (Phi) is 2.14. The van der Waals surface area contributed by atoms with Gasteiger partial charge in [-0.3, -0.25) is 4.79 Å². The van der Waals surface area contributed by atoms with E-state index in [2.05, 4.69) is 20.9 Å². The third-order valence-corrected chi connectivity index (χ3v) is 3.00. The number of hydrogen-bond donors (Lipinski definition) is 1. The van der Waals surface area contributed by atoms with E-state index >= 15 is 0 Å². The highest BCUT2D eigenvalue weighted by atomic mass is 79.9. The molecule has 0 aliphatic carbocycles. The number of hydrogen-bond acceptors (Lipinski definition) is 1. The molecule has 0 spiro atoms. The van der Waals surface area contributed by atoms with Crippen molar-refractivity contribution < 1.29 is 0 Å². The van der Waals surface area contributed by atoms with Gasteiger partial charge in [0.1, 0.15) is 0 Å². The van der Waals surface area contributed by atoms with Crippen LogP contribution >= 0.6 is 27.5 Å². The highest BCUT2D eigenvalue weighted by molar-refractivity contribution is 9.10. The topological polar surface area (TPSA) is 32.9 Å². The second-order valence-corrected chi connectivity index (χ2v) is 3.92. The molecule has 2 rings (SSSR count). The molecular weight excluding hydrogens is 253 g/mol. The number of aromatic amines is 1. The van der Waals surface area contributed by atoms with Crippen molar-refractivity contribution in [2.75, 3.05) is 0 Å². The first-order valence-corrected chi connectivity index (χ1v) is 4.82. The molecule has 0 aliphatic rings. The maximum absolute atomic E-state index is 11.3. The number of halogens is 2. The molecule has 0 saturated carbocycles. The van der Waals surface area contributed by atoms with E-state index in [4.69, 9.17) is 11.6 Å². The number of H-pyrrole nitrogens is 1. The quantitative estimate of drug-likeness (QED) is 0.774. The van der Waals surface area contributed by atoms with Crippen molar-refractivity contribution in [2.45, 2.75) is 0 Å². The molecular formula is C9H5BrClNO. The van der Waals surface area contributed by atoms with Crippen molar-refractivity contribution in [1.82, 2.24) is 4.98 Å². The maximum Gasteiger partial charge on any atom is 0.189 e. The molecule has 13 heavy (non-hydrogen) atoms. The smallest absolute Gasteiger partial charge is 0.189 e. The van der Waals surface area contributed by atoms with Gasteiger partial charge in [0.25, 0.3) is 0 Å². The Morgan fingerprint density at radius 3 is 2.92 bits per heavy atom. The Labute approximate surface area is 87.7 Å². The lowest BCUT2D eigenvalue weighted by molar-refractivity contribution is 1.39. The Balaban J connectivity index is 2.97. The molecule has 1 aromatic heterocycles. The second kappa shape index (κ2) is 3.16. The predicted octanol–water partition coefficient (Wildman–Crippen LogP) is 2.94. The van der Waals surface area contributed by atoms with E-state index in [1.54, 1.807) is 18.3 Å². The van der Waals surface area contributed by atoms with Crippen LogP contribution in [0.2, 0.25) is 5.02 Å². The third-order valence-electron chi connectivity index (χ3n) is 1.80. The predicted molar refractivity (Wildman–Crippen MR) is 57.3 cm³/mol. The number of rotatable bonds is 0. The largest absolute Gasteiger partial charge is 0.361 e. The minimum Gasteiger partial charge on any atom is -0.361 e. The first-order valence-electron chi connectivity index (χ1n) is 3.65. The Morgan fingerprint density at radius 1 is 1.38 bits per heavy atom. The molecule has 0 saturated heterocycles. The van der Waals surface area contributed by atoms with Gasteiger partial charge in [0, 0.05) is 22.1 Å². The fourth-order valence-corrected chi connectivity index (χ4v) is 1.67. The van der Waals surface area contributed by atoms with Gasteiger partial charge < -0.3 is 4.98 Å². The zero-order valence-electron chi connectivity index (χ0n) is 6.47. The minimum absolute atomic E-state index is 0.0249. The molecule has 2 aromatic rings. The van der Waals surface area contributed by atoms with Gasteiger partial charge in [0.05, 0.1) is 10.5 Å². The Bertz CT molecular complexity index is 520. The molecule has 0 radical (unpaired) electrons. The van der Waals surface area contributed by atoms with Crippen LogP contribution in [0.4, 0.5) is 0 Å². The van der Waals surface area contributed by atoms with Crippen molar-refractivity contribution in [2.24, 2.45) is 0 Å². The summed E-state index contributed by atoms with van der Waals surface area (Å²) in [6.07, 6.45) is 1.62. The van der Waals surface area contributed by atoms with E-state index in [0.717, 1.165) is 9.99 Å². The van der Waals surface area contributed by atoms with Crippen molar-refractivity contribution in [3.05, 3.63) is 44.1 Å². The number of benzene rings is 1. The van der Waals surface area contributed by atoms with Crippen molar-refractivity contribution in [1.29, 1.82) is 0 Å². The van der Waals surface area contributed by atoms with Gasteiger partial charge >= 0.3 is 0 Å². The van der Waals surface area contributed by atoms with Gasteiger partial charge in [-0.1, -0.05) is 11.6 Å². The van der Waals surface area contributed by atoms with E-state index < -0.39 is 0 Å².